The Balaban J connectivity index is 1.92. The third-order valence-electron chi connectivity index (χ3n) is 4.77. The second-order valence-corrected chi connectivity index (χ2v) is 6.20. The molecule has 4 N–H and O–H groups in total. The number of fused-ring (bicyclic) bond motifs is 1. The third-order valence-corrected chi connectivity index (χ3v) is 4.77. The Morgan fingerprint density at radius 2 is 1.93 bits per heavy atom. The number of carbonyl (C=O) groups is 3. The lowest BCUT2D eigenvalue weighted by atomic mass is 10.1. The van der Waals surface area contributed by atoms with Crippen LogP contribution in [0.1, 0.15) is 6.42 Å². The number of benzene rings is 1. The van der Waals surface area contributed by atoms with Gasteiger partial charge in [-0.2, -0.15) is 0 Å². The first-order valence-electron chi connectivity index (χ1n) is 8.12. The highest BCUT2D eigenvalue weighted by atomic mass is 16.7. The molecule has 1 saturated heterocycles. The SMILES string of the molecule is COC1(OC)C[C@@H](C(=O)O)N(C(=O)Nc2cn(C(N)=O)c3ccccc23)C1. The van der Waals surface area contributed by atoms with E-state index in [-0.39, 0.29) is 13.0 Å². The standard InChI is InChI=1S/C17H20N4O6/c1-26-17(27-2)7-13(14(22)23)21(9-17)16(25)19-11-8-20(15(18)24)12-6-4-3-5-10(11)12/h3-6,8,13H,7,9H2,1-2H3,(H2,18,24)(H,19,25)(H,22,23)/t13-/m0/s1. The second-order valence-electron chi connectivity index (χ2n) is 6.20. The van der Waals surface area contributed by atoms with Gasteiger partial charge in [-0.3, -0.25) is 4.57 Å². The molecular weight excluding hydrogens is 356 g/mol. The van der Waals surface area contributed by atoms with Crippen molar-refractivity contribution < 1.29 is 29.0 Å². The minimum Gasteiger partial charge on any atom is -0.480 e. The van der Waals surface area contributed by atoms with Gasteiger partial charge in [-0.05, 0) is 6.07 Å². The van der Waals surface area contributed by atoms with Gasteiger partial charge in [0.25, 0.3) is 0 Å². The van der Waals surface area contributed by atoms with E-state index in [1.54, 1.807) is 24.3 Å². The number of nitrogens with zero attached hydrogens (tertiary/aromatic N) is 2. The van der Waals surface area contributed by atoms with Gasteiger partial charge in [-0.1, -0.05) is 18.2 Å². The van der Waals surface area contributed by atoms with Crippen LogP contribution in [0.15, 0.2) is 30.5 Å². The van der Waals surface area contributed by atoms with Crippen LogP contribution >= 0.6 is 0 Å². The number of urea groups is 1. The summed E-state index contributed by atoms with van der Waals surface area (Å²) in [5, 5.41) is 12.7. The van der Waals surface area contributed by atoms with Crippen molar-refractivity contribution in [2.24, 2.45) is 5.73 Å². The number of anilines is 1. The molecule has 0 bridgehead atoms. The summed E-state index contributed by atoms with van der Waals surface area (Å²) in [4.78, 5) is 37.1. The van der Waals surface area contributed by atoms with Gasteiger partial charge < -0.3 is 30.5 Å². The van der Waals surface area contributed by atoms with E-state index in [0.29, 0.717) is 16.6 Å². The summed E-state index contributed by atoms with van der Waals surface area (Å²) < 4.78 is 11.8. The van der Waals surface area contributed by atoms with Crippen molar-refractivity contribution in [2.45, 2.75) is 18.2 Å². The second kappa shape index (κ2) is 6.89. The van der Waals surface area contributed by atoms with Gasteiger partial charge in [-0.25, -0.2) is 14.4 Å². The molecule has 2 aromatic rings. The Morgan fingerprint density at radius 3 is 2.52 bits per heavy atom. The quantitative estimate of drug-likeness (QED) is 0.687. The van der Waals surface area contributed by atoms with E-state index in [9.17, 15) is 19.5 Å². The zero-order chi connectivity index (χ0) is 19.8. The summed E-state index contributed by atoms with van der Waals surface area (Å²) in [7, 11) is 2.79. The molecule has 2 heterocycles. The predicted molar refractivity (Wildman–Crippen MR) is 95.4 cm³/mol. The fourth-order valence-corrected chi connectivity index (χ4v) is 3.30. The first-order valence-corrected chi connectivity index (χ1v) is 8.12. The maximum Gasteiger partial charge on any atom is 0.326 e. The first-order chi connectivity index (χ1) is 12.8. The van der Waals surface area contributed by atoms with Crippen LogP contribution in [0.2, 0.25) is 0 Å². The zero-order valence-electron chi connectivity index (χ0n) is 14.8. The van der Waals surface area contributed by atoms with Crippen molar-refractivity contribution in [1.82, 2.24) is 9.47 Å². The van der Waals surface area contributed by atoms with Crippen LogP contribution in [0.4, 0.5) is 15.3 Å². The fraction of sp³-hybridized carbons (Fsp3) is 0.353. The number of primary amides is 1. The van der Waals surface area contributed by atoms with E-state index in [4.69, 9.17) is 15.2 Å². The first kappa shape index (κ1) is 18.7. The van der Waals surface area contributed by atoms with E-state index in [1.165, 1.54) is 25.0 Å². The molecule has 144 valence electrons. The van der Waals surface area contributed by atoms with Gasteiger partial charge in [0.05, 0.1) is 17.7 Å². The van der Waals surface area contributed by atoms with Crippen LogP contribution in [0.25, 0.3) is 10.9 Å². The van der Waals surface area contributed by atoms with E-state index in [1.807, 2.05) is 0 Å². The molecule has 1 fully saturated rings. The highest BCUT2D eigenvalue weighted by Crippen LogP contribution is 2.32. The van der Waals surface area contributed by atoms with E-state index in [0.717, 1.165) is 4.90 Å². The summed E-state index contributed by atoms with van der Waals surface area (Å²) >= 11 is 0. The molecule has 0 spiro atoms. The molecule has 10 heteroatoms. The number of nitrogens with two attached hydrogens (primary N) is 1. The lowest BCUT2D eigenvalue weighted by Gasteiger charge is -2.25. The number of rotatable bonds is 4. The molecule has 10 nitrogen and oxygen atoms in total. The smallest absolute Gasteiger partial charge is 0.326 e. The highest BCUT2D eigenvalue weighted by molar-refractivity contribution is 6.05. The van der Waals surface area contributed by atoms with Crippen LogP contribution in [0.3, 0.4) is 0 Å². The Bertz CT molecular complexity index is 904. The number of methoxy groups -OCH3 is 2. The summed E-state index contributed by atoms with van der Waals surface area (Å²) in [5.41, 5.74) is 6.24. The molecule has 0 saturated carbocycles. The lowest BCUT2D eigenvalue weighted by molar-refractivity contribution is -0.195. The molecule has 1 aliphatic rings. The number of likely N-dealkylation sites (tertiary alicyclic amines) is 1. The largest absolute Gasteiger partial charge is 0.480 e. The molecular formula is C17H20N4O6. The van der Waals surface area contributed by atoms with Crippen LogP contribution in [0, 0.1) is 0 Å². The number of carboxylic acids is 1. The van der Waals surface area contributed by atoms with Gasteiger partial charge in [0.15, 0.2) is 5.79 Å². The molecule has 0 aliphatic carbocycles. The summed E-state index contributed by atoms with van der Waals surface area (Å²) in [6.45, 7) is -0.0583. The number of ether oxygens (including phenoxy) is 2. The fourth-order valence-electron chi connectivity index (χ4n) is 3.30. The van der Waals surface area contributed by atoms with E-state index >= 15 is 0 Å². The molecule has 1 aromatic heterocycles. The maximum absolute atomic E-state index is 12.8. The minimum absolute atomic E-state index is 0.00814. The van der Waals surface area contributed by atoms with Gasteiger partial charge in [-0.15, -0.1) is 0 Å². The predicted octanol–water partition coefficient (Wildman–Crippen LogP) is 1.25. The lowest BCUT2D eigenvalue weighted by Crippen LogP contribution is -2.44. The van der Waals surface area contributed by atoms with Crippen molar-refractivity contribution in [1.29, 1.82) is 0 Å². The molecule has 3 amide bonds. The molecule has 0 unspecified atom stereocenters. The van der Waals surface area contributed by atoms with Crippen molar-refractivity contribution in [2.75, 3.05) is 26.1 Å². The molecule has 27 heavy (non-hydrogen) atoms. The number of carboxylic acid groups (broad SMARTS) is 1. The summed E-state index contributed by atoms with van der Waals surface area (Å²) in [6, 6.07) is 4.43. The third kappa shape index (κ3) is 3.20. The molecule has 1 aromatic carbocycles. The van der Waals surface area contributed by atoms with Crippen molar-refractivity contribution in [3.63, 3.8) is 0 Å². The van der Waals surface area contributed by atoms with Gasteiger partial charge in [0.2, 0.25) is 0 Å². The molecule has 1 atom stereocenters. The van der Waals surface area contributed by atoms with Crippen LogP contribution < -0.4 is 11.1 Å². The number of aromatic nitrogens is 1. The Labute approximate surface area is 154 Å². The van der Waals surface area contributed by atoms with E-state index in [2.05, 4.69) is 5.32 Å². The Hall–Kier alpha value is -3.11. The van der Waals surface area contributed by atoms with Crippen LogP contribution in [-0.4, -0.2) is 65.2 Å². The van der Waals surface area contributed by atoms with E-state index < -0.39 is 29.9 Å². The average Bonchev–Trinajstić information content (AvgIpc) is 3.22. The number of hydrogen-bond acceptors (Lipinski definition) is 5. The van der Waals surface area contributed by atoms with Gasteiger partial charge >= 0.3 is 18.0 Å². The Morgan fingerprint density at radius 1 is 1.26 bits per heavy atom. The minimum atomic E-state index is -1.19. The number of aliphatic carboxylic acids is 1. The zero-order valence-corrected chi connectivity index (χ0v) is 14.8. The van der Waals surface area contributed by atoms with Crippen molar-refractivity contribution >= 4 is 34.6 Å². The number of nitrogens with one attached hydrogen (secondary N) is 1. The summed E-state index contributed by atoms with van der Waals surface area (Å²) in [6.07, 6.45) is 1.39. The van der Waals surface area contributed by atoms with Crippen LogP contribution in [-0.2, 0) is 14.3 Å². The normalized spacial score (nSPS) is 18.6. The number of amides is 3. The molecule has 1 aliphatic heterocycles. The van der Waals surface area contributed by atoms with Crippen molar-refractivity contribution in [3.8, 4) is 0 Å². The number of carbonyl (C=O) groups excluding carboxylic acids is 2. The molecule has 3 rings (SSSR count). The highest BCUT2D eigenvalue weighted by Gasteiger charge is 2.50. The Kier molecular flexibility index (Phi) is 4.77. The molecule has 0 radical (unpaired) electrons. The average molecular weight is 376 g/mol. The summed E-state index contributed by atoms with van der Waals surface area (Å²) in [5.74, 6) is -2.36. The van der Waals surface area contributed by atoms with Crippen LogP contribution in [0.5, 0.6) is 0 Å². The number of para-hydroxylation sites is 1. The number of hydrogen-bond donors (Lipinski definition) is 3. The topological polar surface area (TPSA) is 136 Å². The van der Waals surface area contributed by atoms with Crippen molar-refractivity contribution in [3.05, 3.63) is 30.5 Å². The monoisotopic (exact) mass is 376 g/mol. The van der Waals surface area contributed by atoms with Gasteiger partial charge in [0, 0.05) is 32.2 Å². The van der Waals surface area contributed by atoms with Gasteiger partial charge in [0.1, 0.15) is 6.04 Å². The maximum atomic E-state index is 12.8.